The quantitative estimate of drug-likeness (QED) is 0.494. The zero-order valence-electron chi connectivity index (χ0n) is 18.0. The second kappa shape index (κ2) is 9.30. The van der Waals surface area contributed by atoms with Crippen molar-refractivity contribution in [2.24, 2.45) is 0 Å². The van der Waals surface area contributed by atoms with Crippen molar-refractivity contribution in [2.75, 3.05) is 6.66 Å². The van der Waals surface area contributed by atoms with E-state index in [1.165, 1.54) is 36.0 Å². The number of fused-ring (bicyclic) bond motifs is 1. The SMILES string of the molecule is CCC1(C)CCC(C)c2cc(COc3ccc(C(CC(=O)O)PC)cc3)ccc21. The number of benzene rings is 2. The molecular weight excluding hydrogens is 379 g/mol. The molecule has 0 aromatic heterocycles. The number of carboxylic acid groups (broad SMARTS) is 1. The predicted molar refractivity (Wildman–Crippen MR) is 122 cm³/mol. The van der Waals surface area contributed by atoms with Crippen molar-refractivity contribution in [3.8, 4) is 5.75 Å². The fourth-order valence-electron chi connectivity index (χ4n) is 4.38. The lowest BCUT2D eigenvalue weighted by molar-refractivity contribution is -0.137. The van der Waals surface area contributed by atoms with Crippen LogP contribution in [0.2, 0.25) is 0 Å². The fourth-order valence-corrected chi connectivity index (χ4v) is 5.28. The van der Waals surface area contributed by atoms with Gasteiger partial charge in [0.1, 0.15) is 12.4 Å². The molecule has 1 aliphatic rings. The van der Waals surface area contributed by atoms with Gasteiger partial charge in [0.15, 0.2) is 0 Å². The summed E-state index contributed by atoms with van der Waals surface area (Å²) in [5.41, 5.74) is 5.65. The first-order chi connectivity index (χ1) is 13.9. The van der Waals surface area contributed by atoms with Crippen LogP contribution in [-0.4, -0.2) is 17.7 Å². The molecule has 0 heterocycles. The predicted octanol–water partition coefficient (Wildman–Crippen LogP) is 6.65. The number of carboxylic acids is 1. The van der Waals surface area contributed by atoms with Crippen LogP contribution in [-0.2, 0) is 16.8 Å². The van der Waals surface area contributed by atoms with Crippen molar-refractivity contribution in [1.82, 2.24) is 0 Å². The Morgan fingerprint density at radius 2 is 2.00 bits per heavy atom. The van der Waals surface area contributed by atoms with Gasteiger partial charge in [-0.2, -0.15) is 0 Å². The first-order valence-corrected chi connectivity index (χ1v) is 12.2. The molecule has 4 heteroatoms. The highest BCUT2D eigenvalue weighted by molar-refractivity contribution is 7.37. The summed E-state index contributed by atoms with van der Waals surface area (Å²) in [6.45, 7) is 9.62. The minimum absolute atomic E-state index is 0.0801. The minimum atomic E-state index is -0.745. The largest absolute Gasteiger partial charge is 0.489 e. The van der Waals surface area contributed by atoms with Crippen molar-refractivity contribution < 1.29 is 14.6 Å². The summed E-state index contributed by atoms with van der Waals surface area (Å²) in [6.07, 6.45) is 3.87. The lowest BCUT2D eigenvalue weighted by Crippen LogP contribution is -2.28. The van der Waals surface area contributed by atoms with E-state index in [0.29, 0.717) is 26.5 Å². The molecular formula is C25H33O3P. The monoisotopic (exact) mass is 412 g/mol. The third-order valence-corrected chi connectivity index (χ3v) is 7.86. The van der Waals surface area contributed by atoms with Gasteiger partial charge in [0.25, 0.3) is 0 Å². The maximum absolute atomic E-state index is 11.0. The Bertz CT molecular complexity index is 846. The van der Waals surface area contributed by atoms with E-state index in [-0.39, 0.29) is 12.1 Å². The number of rotatable bonds is 8. The fraction of sp³-hybridized carbons (Fsp3) is 0.480. The molecule has 0 bridgehead atoms. The van der Waals surface area contributed by atoms with Crippen molar-refractivity contribution in [3.05, 3.63) is 64.7 Å². The van der Waals surface area contributed by atoms with E-state index in [1.54, 1.807) is 0 Å². The Hall–Kier alpha value is -1.86. The Labute approximate surface area is 176 Å². The van der Waals surface area contributed by atoms with E-state index >= 15 is 0 Å². The van der Waals surface area contributed by atoms with Crippen molar-refractivity contribution in [3.63, 3.8) is 0 Å². The van der Waals surface area contributed by atoms with E-state index in [4.69, 9.17) is 9.84 Å². The molecule has 4 atom stereocenters. The second-order valence-corrected chi connectivity index (χ2v) is 9.85. The lowest BCUT2D eigenvalue weighted by Gasteiger charge is -2.38. The van der Waals surface area contributed by atoms with E-state index in [2.05, 4.69) is 45.6 Å². The van der Waals surface area contributed by atoms with Crippen LogP contribution in [0.4, 0.5) is 0 Å². The Morgan fingerprint density at radius 1 is 1.28 bits per heavy atom. The molecule has 0 aliphatic heterocycles. The Morgan fingerprint density at radius 3 is 2.62 bits per heavy atom. The number of carbonyl (C=O) groups is 1. The molecule has 29 heavy (non-hydrogen) atoms. The van der Waals surface area contributed by atoms with Gasteiger partial charge in [-0.05, 0) is 71.6 Å². The highest BCUT2D eigenvalue weighted by Gasteiger charge is 2.33. The normalized spacial score (nSPS) is 22.4. The zero-order chi connectivity index (χ0) is 21.0. The number of hydrogen-bond acceptors (Lipinski definition) is 2. The van der Waals surface area contributed by atoms with Crippen LogP contribution in [0.1, 0.15) is 80.3 Å². The van der Waals surface area contributed by atoms with Gasteiger partial charge in [-0.1, -0.05) is 51.1 Å². The van der Waals surface area contributed by atoms with Crippen molar-refractivity contribution >= 4 is 14.6 Å². The first-order valence-electron chi connectivity index (χ1n) is 10.6. The zero-order valence-corrected chi connectivity index (χ0v) is 19.0. The topological polar surface area (TPSA) is 46.5 Å². The van der Waals surface area contributed by atoms with Gasteiger partial charge in [-0.15, -0.1) is 8.58 Å². The van der Waals surface area contributed by atoms with E-state index < -0.39 is 5.97 Å². The van der Waals surface area contributed by atoms with Gasteiger partial charge in [0, 0.05) is 5.66 Å². The van der Waals surface area contributed by atoms with Crippen LogP contribution in [0.3, 0.4) is 0 Å². The molecule has 2 aromatic carbocycles. The average molecular weight is 413 g/mol. The van der Waals surface area contributed by atoms with Crippen molar-refractivity contribution in [2.45, 2.75) is 70.1 Å². The van der Waals surface area contributed by atoms with E-state index in [9.17, 15) is 4.79 Å². The Kier molecular flexibility index (Phi) is 7.01. The lowest BCUT2D eigenvalue weighted by atomic mass is 9.66. The molecule has 0 saturated carbocycles. The first kappa shape index (κ1) is 21.8. The molecule has 3 nitrogen and oxygen atoms in total. The molecule has 0 saturated heterocycles. The maximum Gasteiger partial charge on any atom is 0.304 e. The molecule has 2 aromatic rings. The summed E-state index contributed by atoms with van der Waals surface area (Å²) in [6, 6.07) is 14.8. The van der Waals surface area contributed by atoms with Gasteiger partial charge < -0.3 is 9.84 Å². The van der Waals surface area contributed by atoms with Crippen LogP contribution in [0.25, 0.3) is 0 Å². The second-order valence-electron chi connectivity index (χ2n) is 8.57. The van der Waals surface area contributed by atoms with Crippen LogP contribution in [0.15, 0.2) is 42.5 Å². The van der Waals surface area contributed by atoms with Crippen molar-refractivity contribution in [1.29, 1.82) is 0 Å². The Balaban J connectivity index is 1.69. The van der Waals surface area contributed by atoms with Gasteiger partial charge in [-0.3, -0.25) is 4.79 Å². The maximum atomic E-state index is 11.0. The van der Waals surface area contributed by atoms with Gasteiger partial charge in [0.2, 0.25) is 0 Å². The summed E-state index contributed by atoms with van der Waals surface area (Å²) in [7, 11) is 0.568. The summed E-state index contributed by atoms with van der Waals surface area (Å²) in [4.78, 5) is 11.0. The third-order valence-electron chi connectivity index (χ3n) is 6.62. The highest BCUT2D eigenvalue weighted by Crippen LogP contribution is 2.44. The molecule has 0 radical (unpaired) electrons. The smallest absolute Gasteiger partial charge is 0.304 e. The molecule has 0 amide bonds. The van der Waals surface area contributed by atoms with Gasteiger partial charge in [0.05, 0.1) is 6.42 Å². The minimum Gasteiger partial charge on any atom is -0.489 e. The van der Waals surface area contributed by atoms with Crippen LogP contribution < -0.4 is 4.74 Å². The summed E-state index contributed by atoms with van der Waals surface area (Å²) >= 11 is 0. The molecule has 1 aliphatic carbocycles. The van der Waals surface area contributed by atoms with Gasteiger partial charge >= 0.3 is 5.97 Å². The molecule has 4 unspecified atom stereocenters. The summed E-state index contributed by atoms with van der Waals surface area (Å²) in [5.74, 6) is 0.682. The van der Waals surface area contributed by atoms with Gasteiger partial charge in [-0.25, -0.2) is 0 Å². The van der Waals surface area contributed by atoms with E-state index in [1.807, 2.05) is 24.3 Å². The van der Waals surface area contributed by atoms with Crippen LogP contribution in [0, 0.1) is 0 Å². The standard InChI is InChI=1S/C25H33O3P/c1-5-25(3)13-12-17(2)21-14-18(6-11-22(21)25)16-28-20-9-7-19(8-10-20)23(29-4)15-24(26)27/h6-11,14,17,23,29H,5,12-13,15-16H2,1-4H3,(H,26,27). The number of ether oxygens (including phenoxy) is 1. The molecule has 0 spiro atoms. The van der Waals surface area contributed by atoms with E-state index in [0.717, 1.165) is 11.3 Å². The highest BCUT2D eigenvalue weighted by atomic mass is 31.1. The third kappa shape index (κ3) is 5.01. The number of hydrogen-bond donors (Lipinski definition) is 1. The molecule has 156 valence electrons. The van der Waals surface area contributed by atoms with Crippen LogP contribution >= 0.6 is 8.58 Å². The molecule has 3 rings (SSSR count). The summed E-state index contributed by atoms with van der Waals surface area (Å²) in [5, 5.41) is 9.07. The van der Waals surface area contributed by atoms with Crippen LogP contribution in [0.5, 0.6) is 5.75 Å². The average Bonchev–Trinajstić information content (AvgIpc) is 2.73. The molecule has 1 N–H and O–H groups in total. The molecule has 0 fully saturated rings. The number of aliphatic carboxylic acids is 1. The summed E-state index contributed by atoms with van der Waals surface area (Å²) < 4.78 is 6.03.